The summed E-state index contributed by atoms with van der Waals surface area (Å²) in [6.45, 7) is 4.44. The first-order valence-corrected chi connectivity index (χ1v) is 5.66. The molecule has 0 bridgehead atoms. The van der Waals surface area contributed by atoms with Crippen LogP contribution < -0.4 is 10.1 Å². The molecule has 4 nitrogen and oxygen atoms in total. The normalized spacial score (nSPS) is 12.2. The minimum absolute atomic E-state index is 0.444. The summed E-state index contributed by atoms with van der Waals surface area (Å²) in [5.41, 5.74) is 1.92. The fourth-order valence-corrected chi connectivity index (χ4v) is 1.64. The van der Waals surface area contributed by atoms with Crippen molar-refractivity contribution < 1.29 is 14.6 Å². The second-order valence-corrected chi connectivity index (χ2v) is 4.06. The summed E-state index contributed by atoms with van der Waals surface area (Å²) in [6.07, 6.45) is -0.359. The molecule has 94 valence electrons. The number of nitrogens with one attached hydrogen (secondary N) is 1. The molecule has 0 amide bonds. The zero-order valence-corrected chi connectivity index (χ0v) is 10.5. The molecule has 0 fully saturated rings. The first kappa shape index (κ1) is 13.5. The summed E-state index contributed by atoms with van der Waals surface area (Å²) in [4.78, 5) is 11.1. The van der Waals surface area contributed by atoms with Crippen LogP contribution >= 0.6 is 0 Å². The number of carboxylic acid groups (broad SMARTS) is 1. The fourth-order valence-electron chi connectivity index (χ4n) is 1.64. The predicted molar refractivity (Wildman–Crippen MR) is 66.5 cm³/mol. The highest BCUT2D eigenvalue weighted by molar-refractivity contribution is 5.72. The number of hydrogen-bond acceptors (Lipinski definition) is 3. The second kappa shape index (κ2) is 6.25. The zero-order chi connectivity index (χ0) is 12.8. The van der Waals surface area contributed by atoms with Gasteiger partial charge < -0.3 is 15.2 Å². The topological polar surface area (TPSA) is 58.6 Å². The van der Waals surface area contributed by atoms with Gasteiger partial charge in [0.05, 0.1) is 0 Å². The van der Waals surface area contributed by atoms with Crippen molar-refractivity contribution in [2.75, 3.05) is 13.6 Å². The quantitative estimate of drug-likeness (QED) is 0.791. The number of carboxylic acids is 1. The second-order valence-electron chi connectivity index (χ2n) is 4.06. The van der Waals surface area contributed by atoms with Crippen molar-refractivity contribution in [3.05, 3.63) is 29.3 Å². The van der Waals surface area contributed by atoms with E-state index in [2.05, 4.69) is 5.32 Å². The lowest BCUT2D eigenvalue weighted by Crippen LogP contribution is -2.30. The molecule has 0 saturated heterocycles. The van der Waals surface area contributed by atoms with Gasteiger partial charge in [0.15, 0.2) is 6.10 Å². The van der Waals surface area contributed by atoms with Gasteiger partial charge in [0, 0.05) is 6.42 Å². The Morgan fingerprint density at radius 3 is 2.47 bits per heavy atom. The smallest absolute Gasteiger partial charge is 0.344 e. The number of hydrogen-bond donors (Lipinski definition) is 2. The number of rotatable bonds is 6. The van der Waals surface area contributed by atoms with Gasteiger partial charge in [-0.3, -0.25) is 0 Å². The van der Waals surface area contributed by atoms with E-state index in [4.69, 9.17) is 9.84 Å². The molecule has 0 aliphatic rings. The van der Waals surface area contributed by atoms with Gasteiger partial charge in [-0.1, -0.05) is 18.2 Å². The summed E-state index contributed by atoms with van der Waals surface area (Å²) in [5, 5.41) is 12.0. The number of benzene rings is 1. The molecule has 0 heterocycles. The van der Waals surface area contributed by atoms with E-state index in [1.807, 2.05) is 32.0 Å². The molecule has 4 heteroatoms. The Bertz CT molecular complexity index is 370. The molecule has 2 N–H and O–H groups in total. The van der Waals surface area contributed by atoms with Crippen LogP contribution in [0.25, 0.3) is 0 Å². The maximum absolute atomic E-state index is 11.1. The standard InChI is InChI=1S/C13H19NO3/c1-9-5-4-6-10(2)12(9)17-11(13(15)16)7-8-14-3/h4-6,11,14H,7-8H2,1-3H3,(H,15,16). The van der Waals surface area contributed by atoms with E-state index >= 15 is 0 Å². The fraction of sp³-hybridized carbons (Fsp3) is 0.462. The van der Waals surface area contributed by atoms with Crippen molar-refractivity contribution in [3.8, 4) is 5.75 Å². The van der Waals surface area contributed by atoms with Gasteiger partial charge in [0.1, 0.15) is 5.75 Å². The SMILES string of the molecule is CNCCC(Oc1c(C)cccc1C)C(=O)O. The van der Waals surface area contributed by atoms with Gasteiger partial charge in [-0.05, 0) is 38.6 Å². The van der Waals surface area contributed by atoms with Gasteiger partial charge in [-0.15, -0.1) is 0 Å². The highest BCUT2D eigenvalue weighted by Crippen LogP contribution is 2.24. The van der Waals surface area contributed by atoms with E-state index in [9.17, 15) is 4.79 Å². The number of para-hydroxylation sites is 1. The Hall–Kier alpha value is -1.55. The van der Waals surface area contributed by atoms with Crippen LogP contribution in [0.15, 0.2) is 18.2 Å². The van der Waals surface area contributed by atoms with Crippen LogP contribution in [0.5, 0.6) is 5.75 Å². The Balaban J connectivity index is 2.82. The molecule has 1 rings (SSSR count). The molecule has 0 aliphatic carbocycles. The number of ether oxygens (including phenoxy) is 1. The van der Waals surface area contributed by atoms with Gasteiger partial charge in [0.2, 0.25) is 0 Å². The van der Waals surface area contributed by atoms with Crippen LogP contribution in [0.4, 0.5) is 0 Å². The van der Waals surface area contributed by atoms with E-state index in [-0.39, 0.29) is 0 Å². The molecule has 1 aromatic rings. The highest BCUT2D eigenvalue weighted by atomic mass is 16.5. The van der Waals surface area contributed by atoms with Gasteiger partial charge >= 0.3 is 5.97 Å². The minimum atomic E-state index is -0.928. The molecule has 0 aromatic heterocycles. The lowest BCUT2D eigenvalue weighted by molar-refractivity contribution is -0.145. The van der Waals surface area contributed by atoms with Crippen molar-refractivity contribution in [2.24, 2.45) is 0 Å². The summed E-state index contributed by atoms with van der Waals surface area (Å²) < 4.78 is 5.60. The van der Waals surface area contributed by atoms with Crippen LogP contribution in [0.1, 0.15) is 17.5 Å². The number of carbonyl (C=O) groups is 1. The van der Waals surface area contributed by atoms with Crippen LogP contribution in [-0.4, -0.2) is 30.8 Å². The van der Waals surface area contributed by atoms with E-state index < -0.39 is 12.1 Å². The van der Waals surface area contributed by atoms with Gasteiger partial charge in [-0.2, -0.15) is 0 Å². The average molecular weight is 237 g/mol. The third-order valence-corrected chi connectivity index (χ3v) is 2.60. The molecule has 0 aliphatic heterocycles. The summed E-state index contributed by atoms with van der Waals surface area (Å²) in [5.74, 6) is -0.251. The average Bonchev–Trinajstić information content (AvgIpc) is 2.27. The lowest BCUT2D eigenvalue weighted by Gasteiger charge is -2.18. The van der Waals surface area contributed by atoms with Crippen LogP contribution in [-0.2, 0) is 4.79 Å². The Morgan fingerprint density at radius 2 is 2.00 bits per heavy atom. The first-order valence-electron chi connectivity index (χ1n) is 5.66. The van der Waals surface area contributed by atoms with Crippen LogP contribution in [0.2, 0.25) is 0 Å². The van der Waals surface area contributed by atoms with Crippen LogP contribution in [0.3, 0.4) is 0 Å². The van der Waals surface area contributed by atoms with E-state index in [1.165, 1.54) is 0 Å². The van der Waals surface area contributed by atoms with E-state index in [0.29, 0.717) is 18.7 Å². The van der Waals surface area contributed by atoms with Crippen molar-refractivity contribution >= 4 is 5.97 Å². The van der Waals surface area contributed by atoms with Crippen molar-refractivity contribution in [1.29, 1.82) is 0 Å². The maximum atomic E-state index is 11.1. The minimum Gasteiger partial charge on any atom is -0.479 e. The maximum Gasteiger partial charge on any atom is 0.344 e. The predicted octanol–water partition coefficient (Wildman–Crippen LogP) is 1.74. The Morgan fingerprint density at radius 1 is 1.41 bits per heavy atom. The molecular weight excluding hydrogens is 218 g/mol. The summed E-state index contributed by atoms with van der Waals surface area (Å²) in [7, 11) is 1.79. The van der Waals surface area contributed by atoms with Crippen molar-refractivity contribution in [2.45, 2.75) is 26.4 Å². The number of aryl methyl sites for hydroxylation is 2. The zero-order valence-electron chi connectivity index (χ0n) is 10.5. The Labute approximate surface area is 102 Å². The van der Waals surface area contributed by atoms with Crippen molar-refractivity contribution in [3.63, 3.8) is 0 Å². The highest BCUT2D eigenvalue weighted by Gasteiger charge is 2.20. The van der Waals surface area contributed by atoms with Crippen molar-refractivity contribution in [1.82, 2.24) is 5.32 Å². The summed E-state index contributed by atoms with van der Waals surface area (Å²) in [6, 6.07) is 5.76. The van der Waals surface area contributed by atoms with Gasteiger partial charge in [0.25, 0.3) is 0 Å². The van der Waals surface area contributed by atoms with E-state index in [0.717, 1.165) is 11.1 Å². The molecule has 17 heavy (non-hydrogen) atoms. The van der Waals surface area contributed by atoms with Crippen LogP contribution in [0, 0.1) is 13.8 Å². The molecule has 1 aromatic carbocycles. The largest absolute Gasteiger partial charge is 0.479 e. The van der Waals surface area contributed by atoms with E-state index in [1.54, 1.807) is 7.05 Å². The number of aliphatic carboxylic acids is 1. The third-order valence-electron chi connectivity index (χ3n) is 2.60. The first-order chi connectivity index (χ1) is 8.06. The van der Waals surface area contributed by atoms with Gasteiger partial charge in [-0.25, -0.2) is 4.79 Å². The molecule has 0 saturated carbocycles. The molecular formula is C13H19NO3. The Kier molecular flexibility index (Phi) is 4.97. The summed E-state index contributed by atoms with van der Waals surface area (Å²) >= 11 is 0. The molecule has 1 atom stereocenters. The molecule has 1 unspecified atom stereocenters. The molecule has 0 radical (unpaired) electrons. The monoisotopic (exact) mass is 237 g/mol. The molecule has 0 spiro atoms. The lowest BCUT2D eigenvalue weighted by atomic mass is 10.1. The third kappa shape index (κ3) is 3.75.